The molecule has 102 valence electrons. The van der Waals surface area contributed by atoms with Crippen LogP contribution in [0.15, 0.2) is 0 Å². The van der Waals surface area contributed by atoms with Crippen LogP contribution in [0.5, 0.6) is 0 Å². The van der Waals surface area contributed by atoms with Crippen LogP contribution in [0.1, 0.15) is 46.5 Å². The molecule has 5 heteroatoms. The molecule has 0 aliphatic carbocycles. The molecular formula is C12H26N2O2S. The van der Waals surface area contributed by atoms with E-state index in [1.54, 1.807) is 4.31 Å². The van der Waals surface area contributed by atoms with Gasteiger partial charge in [0.05, 0.1) is 5.75 Å². The Hall–Kier alpha value is -0.130. The quantitative estimate of drug-likeness (QED) is 0.709. The molecule has 1 aliphatic heterocycles. The van der Waals surface area contributed by atoms with E-state index in [2.05, 4.69) is 12.2 Å². The van der Waals surface area contributed by atoms with Gasteiger partial charge in [0.15, 0.2) is 0 Å². The van der Waals surface area contributed by atoms with Crippen molar-refractivity contribution in [1.29, 1.82) is 0 Å². The minimum absolute atomic E-state index is 0.180. The van der Waals surface area contributed by atoms with Crippen molar-refractivity contribution in [1.82, 2.24) is 9.62 Å². The fourth-order valence-corrected chi connectivity index (χ4v) is 4.46. The largest absolute Gasteiger partial charge is 0.317 e. The lowest BCUT2D eigenvalue weighted by Crippen LogP contribution is -2.43. The number of rotatable bonds is 7. The molecule has 0 aromatic carbocycles. The molecule has 0 aromatic rings. The van der Waals surface area contributed by atoms with E-state index in [0.717, 1.165) is 38.8 Å². The van der Waals surface area contributed by atoms with E-state index in [4.69, 9.17) is 0 Å². The molecule has 0 spiro atoms. The standard InChI is InChI=1S/C12H26N2O2S/c1-4-13-9-5-6-11-17(15,16)14-10-7-8-12(14,2)3/h13H,4-11H2,1-3H3. The lowest BCUT2D eigenvalue weighted by Gasteiger charge is -2.30. The molecule has 0 amide bonds. The fraction of sp³-hybridized carbons (Fsp3) is 1.00. The van der Waals surface area contributed by atoms with E-state index in [0.29, 0.717) is 12.3 Å². The molecule has 0 unspecified atom stereocenters. The molecule has 0 saturated carbocycles. The zero-order chi connectivity index (χ0) is 12.9. The third-order valence-corrected chi connectivity index (χ3v) is 5.57. The highest BCUT2D eigenvalue weighted by Gasteiger charge is 2.39. The maximum absolute atomic E-state index is 12.2. The molecule has 0 radical (unpaired) electrons. The van der Waals surface area contributed by atoms with E-state index < -0.39 is 10.0 Å². The van der Waals surface area contributed by atoms with Gasteiger partial charge in [-0.3, -0.25) is 0 Å². The van der Waals surface area contributed by atoms with E-state index in [-0.39, 0.29) is 5.54 Å². The van der Waals surface area contributed by atoms with E-state index in [1.807, 2.05) is 13.8 Å². The minimum Gasteiger partial charge on any atom is -0.317 e. The van der Waals surface area contributed by atoms with Gasteiger partial charge in [-0.05, 0) is 52.6 Å². The Balaban J connectivity index is 2.41. The summed E-state index contributed by atoms with van der Waals surface area (Å²) >= 11 is 0. The Morgan fingerprint density at radius 1 is 1.29 bits per heavy atom. The van der Waals surface area contributed by atoms with Gasteiger partial charge in [0.1, 0.15) is 0 Å². The van der Waals surface area contributed by atoms with Crippen molar-refractivity contribution in [3.63, 3.8) is 0 Å². The van der Waals surface area contributed by atoms with Gasteiger partial charge in [-0.15, -0.1) is 0 Å². The lowest BCUT2D eigenvalue weighted by molar-refractivity contribution is 0.291. The summed E-state index contributed by atoms with van der Waals surface area (Å²) in [5.74, 6) is 0.293. The van der Waals surface area contributed by atoms with Gasteiger partial charge in [0.2, 0.25) is 10.0 Å². The first-order valence-corrected chi connectivity index (χ1v) is 8.22. The number of nitrogens with one attached hydrogen (secondary N) is 1. The number of hydrogen-bond acceptors (Lipinski definition) is 3. The smallest absolute Gasteiger partial charge is 0.214 e. The van der Waals surface area contributed by atoms with Crippen LogP contribution < -0.4 is 5.32 Å². The van der Waals surface area contributed by atoms with Crippen molar-refractivity contribution in [2.75, 3.05) is 25.4 Å². The predicted molar refractivity (Wildman–Crippen MR) is 71.6 cm³/mol. The Morgan fingerprint density at radius 2 is 2.00 bits per heavy atom. The molecule has 4 nitrogen and oxygen atoms in total. The van der Waals surface area contributed by atoms with Crippen LogP contribution >= 0.6 is 0 Å². The van der Waals surface area contributed by atoms with Crippen molar-refractivity contribution >= 4 is 10.0 Å². The summed E-state index contributed by atoms with van der Waals surface area (Å²) in [6.45, 7) is 8.67. The topological polar surface area (TPSA) is 49.4 Å². The van der Waals surface area contributed by atoms with E-state index in [1.165, 1.54) is 0 Å². The second kappa shape index (κ2) is 6.16. The average molecular weight is 262 g/mol. The molecule has 1 N–H and O–H groups in total. The summed E-state index contributed by atoms with van der Waals surface area (Å²) in [5, 5.41) is 3.21. The molecule has 1 saturated heterocycles. The third kappa shape index (κ3) is 4.23. The monoisotopic (exact) mass is 262 g/mol. The second-order valence-electron chi connectivity index (χ2n) is 5.36. The average Bonchev–Trinajstić information content (AvgIpc) is 2.58. The minimum atomic E-state index is -3.05. The summed E-state index contributed by atoms with van der Waals surface area (Å²) in [4.78, 5) is 0. The second-order valence-corrected chi connectivity index (χ2v) is 7.38. The molecule has 1 heterocycles. The highest BCUT2D eigenvalue weighted by atomic mass is 32.2. The van der Waals surface area contributed by atoms with Crippen molar-refractivity contribution in [3.8, 4) is 0 Å². The maximum Gasteiger partial charge on any atom is 0.214 e. The third-order valence-electron chi connectivity index (χ3n) is 3.42. The van der Waals surface area contributed by atoms with Crippen LogP contribution in [0.4, 0.5) is 0 Å². The first kappa shape index (κ1) is 14.9. The SMILES string of the molecule is CCNCCCCS(=O)(=O)N1CCCC1(C)C. The molecule has 0 aromatic heterocycles. The number of sulfonamides is 1. The Morgan fingerprint density at radius 3 is 2.53 bits per heavy atom. The molecule has 0 bridgehead atoms. The predicted octanol–water partition coefficient (Wildman–Crippen LogP) is 1.58. The first-order chi connectivity index (χ1) is 7.90. The Bertz CT molecular complexity index is 325. The van der Waals surface area contributed by atoms with Crippen molar-refractivity contribution < 1.29 is 8.42 Å². The van der Waals surface area contributed by atoms with Gasteiger partial charge in [0, 0.05) is 12.1 Å². The van der Waals surface area contributed by atoms with Crippen molar-refractivity contribution in [2.24, 2.45) is 0 Å². The zero-order valence-corrected chi connectivity index (χ0v) is 12.1. The molecule has 1 aliphatic rings. The van der Waals surface area contributed by atoms with E-state index >= 15 is 0 Å². The molecule has 1 fully saturated rings. The van der Waals surface area contributed by atoms with Crippen LogP contribution in [0.2, 0.25) is 0 Å². The van der Waals surface area contributed by atoms with Crippen LogP contribution in [-0.4, -0.2) is 43.6 Å². The zero-order valence-electron chi connectivity index (χ0n) is 11.3. The van der Waals surface area contributed by atoms with Gasteiger partial charge < -0.3 is 5.32 Å². The summed E-state index contributed by atoms with van der Waals surface area (Å²) in [5.41, 5.74) is -0.180. The van der Waals surface area contributed by atoms with Gasteiger partial charge in [0.25, 0.3) is 0 Å². The van der Waals surface area contributed by atoms with Gasteiger partial charge >= 0.3 is 0 Å². The fourth-order valence-electron chi connectivity index (χ4n) is 2.42. The summed E-state index contributed by atoms with van der Waals surface area (Å²) < 4.78 is 26.1. The van der Waals surface area contributed by atoms with Gasteiger partial charge in [-0.25, -0.2) is 8.42 Å². The summed E-state index contributed by atoms with van der Waals surface area (Å²) in [6, 6.07) is 0. The molecular weight excluding hydrogens is 236 g/mol. The van der Waals surface area contributed by atoms with Crippen LogP contribution in [0.3, 0.4) is 0 Å². The maximum atomic E-state index is 12.2. The van der Waals surface area contributed by atoms with Crippen LogP contribution in [0, 0.1) is 0 Å². The highest BCUT2D eigenvalue weighted by Crippen LogP contribution is 2.31. The summed E-state index contributed by atoms with van der Waals surface area (Å²) in [7, 11) is -3.05. The Kier molecular flexibility index (Phi) is 5.41. The molecule has 17 heavy (non-hydrogen) atoms. The number of unbranched alkanes of at least 4 members (excludes halogenated alkanes) is 1. The normalized spacial score (nSPS) is 20.9. The molecule has 0 atom stereocenters. The van der Waals surface area contributed by atoms with Crippen LogP contribution in [-0.2, 0) is 10.0 Å². The van der Waals surface area contributed by atoms with Gasteiger partial charge in [-0.2, -0.15) is 4.31 Å². The van der Waals surface area contributed by atoms with E-state index in [9.17, 15) is 8.42 Å². The number of hydrogen-bond donors (Lipinski definition) is 1. The first-order valence-electron chi connectivity index (χ1n) is 6.61. The van der Waals surface area contributed by atoms with Crippen LogP contribution in [0.25, 0.3) is 0 Å². The Labute approximate surface area is 106 Å². The summed E-state index contributed by atoms with van der Waals surface area (Å²) in [6.07, 6.45) is 3.65. The van der Waals surface area contributed by atoms with Crippen molar-refractivity contribution in [3.05, 3.63) is 0 Å². The van der Waals surface area contributed by atoms with Crippen molar-refractivity contribution in [2.45, 2.75) is 52.0 Å². The van der Waals surface area contributed by atoms with Gasteiger partial charge in [-0.1, -0.05) is 6.92 Å². The lowest BCUT2D eigenvalue weighted by atomic mass is 10.0. The number of nitrogens with zero attached hydrogens (tertiary/aromatic N) is 1. The highest BCUT2D eigenvalue weighted by molar-refractivity contribution is 7.89. The molecule has 1 rings (SSSR count).